The summed E-state index contributed by atoms with van der Waals surface area (Å²) < 4.78 is 1.07. The number of anilines is 1. The van der Waals surface area contributed by atoms with Crippen molar-refractivity contribution in [2.24, 2.45) is 5.73 Å². The fourth-order valence-electron chi connectivity index (χ4n) is 3.31. The van der Waals surface area contributed by atoms with Crippen LogP contribution in [0.1, 0.15) is 17.0 Å². The molecule has 1 aliphatic rings. The van der Waals surface area contributed by atoms with Crippen LogP contribution in [0, 0.1) is 6.92 Å². The molecule has 6 nitrogen and oxygen atoms in total. The lowest BCUT2D eigenvalue weighted by Gasteiger charge is -2.28. The van der Waals surface area contributed by atoms with Gasteiger partial charge in [-0.1, -0.05) is 6.07 Å². The SMILES string of the molecule is Cc1nc2ccc(NC(=O)C3=C(N)CN(Cc4cccnc4)CC3)cc2s1. The third-order valence-electron chi connectivity index (χ3n) is 4.62. The first kappa shape index (κ1) is 17.6. The zero-order valence-corrected chi connectivity index (χ0v) is 15.9. The summed E-state index contributed by atoms with van der Waals surface area (Å²) in [5.41, 5.74) is 10.4. The molecule has 3 aromatic rings. The van der Waals surface area contributed by atoms with Crippen molar-refractivity contribution >= 4 is 33.1 Å². The van der Waals surface area contributed by atoms with E-state index in [2.05, 4.69) is 20.2 Å². The number of amides is 1. The van der Waals surface area contributed by atoms with Gasteiger partial charge < -0.3 is 11.1 Å². The second kappa shape index (κ2) is 7.46. The lowest BCUT2D eigenvalue weighted by atomic mass is 10.0. The molecule has 0 atom stereocenters. The van der Waals surface area contributed by atoms with E-state index in [0.717, 1.165) is 39.6 Å². The van der Waals surface area contributed by atoms with Crippen LogP contribution in [-0.2, 0) is 11.3 Å². The Hall–Kier alpha value is -2.77. The number of hydrogen-bond donors (Lipinski definition) is 2. The van der Waals surface area contributed by atoms with Gasteiger partial charge in [0.15, 0.2) is 0 Å². The number of nitrogens with one attached hydrogen (secondary N) is 1. The van der Waals surface area contributed by atoms with Crippen LogP contribution in [0.4, 0.5) is 5.69 Å². The quantitative estimate of drug-likeness (QED) is 0.728. The topological polar surface area (TPSA) is 84.1 Å². The summed E-state index contributed by atoms with van der Waals surface area (Å²) in [5, 5.41) is 4.00. The van der Waals surface area contributed by atoms with Gasteiger partial charge in [0.2, 0.25) is 0 Å². The highest BCUT2D eigenvalue weighted by atomic mass is 32.1. The third kappa shape index (κ3) is 3.99. The van der Waals surface area contributed by atoms with E-state index in [4.69, 9.17) is 5.73 Å². The van der Waals surface area contributed by atoms with Gasteiger partial charge in [-0.25, -0.2) is 4.98 Å². The van der Waals surface area contributed by atoms with Crippen molar-refractivity contribution in [3.8, 4) is 0 Å². The number of aryl methyl sites for hydroxylation is 1. The van der Waals surface area contributed by atoms with Crippen molar-refractivity contribution in [2.75, 3.05) is 18.4 Å². The molecule has 0 bridgehead atoms. The van der Waals surface area contributed by atoms with Crippen LogP contribution < -0.4 is 11.1 Å². The summed E-state index contributed by atoms with van der Waals surface area (Å²) >= 11 is 1.62. The number of aromatic nitrogens is 2. The van der Waals surface area contributed by atoms with Crippen molar-refractivity contribution in [3.05, 3.63) is 64.6 Å². The molecule has 0 saturated carbocycles. The standard InChI is InChI=1S/C20H21N5OS/c1-13-23-18-5-4-15(9-19(18)27-13)24-20(26)16-6-8-25(12-17(16)21)11-14-3-2-7-22-10-14/h2-5,7,9-10H,6,8,11-12,21H2,1H3,(H,24,26). The maximum atomic E-state index is 12.7. The minimum Gasteiger partial charge on any atom is -0.401 e. The van der Waals surface area contributed by atoms with E-state index in [1.807, 2.05) is 43.5 Å². The normalized spacial score (nSPS) is 15.3. The number of hydrogen-bond acceptors (Lipinski definition) is 6. The van der Waals surface area contributed by atoms with Crippen LogP contribution in [0.15, 0.2) is 54.0 Å². The average molecular weight is 379 g/mol. The highest BCUT2D eigenvalue weighted by Gasteiger charge is 2.22. The van der Waals surface area contributed by atoms with Gasteiger partial charge in [0.25, 0.3) is 5.91 Å². The monoisotopic (exact) mass is 379 g/mol. The van der Waals surface area contributed by atoms with E-state index >= 15 is 0 Å². The summed E-state index contributed by atoms with van der Waals surface area (Å²) in [4.78, 5) is 23.5. The van der Waals surface area contributed by atoms with E-state index < -0.39 is 0 Å². The molecule has 1 aromatic carbocycles. The minimum atomic E-state index is -0.117. The third-order valence-corrected chi connectivity index (χ3v) is 5.55. The first-order chi connectivity index (χ1) is 13.1. The van der Waals surface area contributed by atoms with Crippen LogP contribution >= 0.6 is 11.3 Å². The van der Waals surface area contributed by atoms with Gasteiger partial charge >= 0.3 is 0 Å². The molecule has 0 aliphatic carbocycles. The molecule has 0 fully saturated rings. The molecule has 1 amide bonds. The molecule has 0 saturated heterocycles. The smallest absolute Gasteiger partial charge is 0.253 e. The molecule has 4 rings (SSSR count). The molecule has 138 valence electrons. The van der Waals surface area contributed by atoms with Gasteiger partial charge in [-0.05, 0) is 43.2 Å². The fourth-order valence-corrected chi connectivity index (χ4v) is 4.18. The zero-order valence-electron chi connectivity index (χ0n) is 15.1. The second-order valence-electron chi connectivity index (χ2n) is 6.70. The van der Waals surface area contributed by atoms with E-state index in [0.29, 0.717) is 24.2 Å². The van der Waals surface area contributed by atoms with E-state index in [-0.39, 0.29) is 5.91 Å². The van der Waals surface area contributed by atoms with E-state index in [9.17, 15) is 4.79 Å². The van der Waals surface area contributed by atoms with Gasteiger partial charge in [0.1, 0.15) is 0 Å². The maximum Gasteiger partial charge on any atom is 0.253 e. The highest BCUT2D eigenvalue weighted by molar-refractivity contribution is 7.18. The van der Waals surface area contributed by atoms with Crippen LogP contribution in [-0.4, -0.2) is 33.9 Å². The van der Waals surface area contributed by atoms with E-state index in [1.54, 1.807) is 17.5 Å². The number of benzene rings is 1. The zero-order chi connectivity index (χ0) is 18.8. The number of rotatable bonds is 4. The lowest BCUT2D eigenvalue weighted by Crippen LogP contribution is -2.36. The Morgan fingerprint density at radius 3 is 3.04 bits per heavy atom. The molecule has 2 aromatic heterocycles. The summed E-state index contributed by atoms with van der Waals surface area (Å²) in [6.45, 7) is 4.15. The van der Waals surface area contributed by atoms with Gasteiger partial charge in [0, 0.05) is 49.0 Å². The van der Waals surface area contributed by atoms with Gasteiger partial charge in [-0.2, -0.15) is 0 Å². The molecule has 3 heterocycles. The Balaban J connectivity index is 1.44. The molecule has 7 heteroatoms. The largest absolute Gasteiger partial charge is 0.401 e. The Bertz CT molecular complexity index is 1010. The number of carbonyl (C=O) groups is 1. The average Bonchev–Trinajstić information content (AvgIpc) is 3.02. The number of thiazole rings is 1. The Kier molecular flexibility index (Phi) is 4.87. The highest BCUT2D eigenvalue weighted by Crippen LogP contribution is 2.25. The number of carbonyl (C=O) groups excluding carboxylic acids is 1. The first-order valence-corrected chi connectivity index (χ1v) is 9.67. The molecule has 0 spiro atoms. The van der Waals surface area contributed by atoms with E-state index in [1.165, 1.54) is 0 Å². The Labute approximate surface area is 161 Å². The molecule has 0 radical (unpaired) electrons. The minimum absolute atomic E-state index is 0.117. The Morgan fingerprint density at radius 1 is 1.37 bits per heavy atom. The van der Waals surface area contributed by atoms with Crippen molar-refractivity contribution < 1.29 is 4.79 Å². The van der Waals surface area contributed by atoms with Crippen molar-refractivity contribution in [3.63, 3.8) is 0 Å². The van der Waals surface area contributed by atoms with Gasteiger partial charge in [0.05, 0.1) is 15.2 Å². The maximum absolute atomic E-state index is 12.7. The van der Waals surface area contributed by atoms with Gasteiger partial charge in [-0.15, -0.1) is 11.3 Å². The summed E-state index contributed by atoms with van der Waals surface area (Å²) in [6.07, 6.45) is 4.26. The molecular formula is C20H21N5OS. The predicted octanol–water partition coefficient (Wildman–Crippen LogP) is 3.06. The number of nitrogens with zero attached hydrogens (tertiary/aromatic N) is 3. The predicted molar refractivity (Wildman–Crippen MR) is 108 cm³/mol. The van der Waals surface area contributed by atoms with Crippen LogP contribution in [0.5, 0.6) is 0 Å². The van der Waals surface area contributed by atoms with Crippen molar-refractivity contribution in [1.29, 1.82) is 0 Å². The first-order valence-electron chi connectivity index (χ1n) is 8.86. The summed E-state index contributed by atoms with van der Waals surface area (Å²) in [6, 6.07) is 9.76. The molecule has 0 unspecified atom stereocenters. The number of nitrogens with two attached hydrogens (primary N) is 1. The summed E-state index contributed by atoms with van der Waals surface area (Å²) in [7, 11) is 0. The van der Waals surface area contributed by atoms with Crippen molar-refractivity contribution in [2.45, 2.75) is 19.9 Å². The molecule has 27 heavy (non-hydrogen) atoms. The molecular weight excluding hydrogens is 358 g/mol. The summed E-state index contributed by atoms with van der Waals surface area (Å²) in [5.74, 6) is -0.117. The number of fused-ring (bicyclic) bond motifs is 1. The van der Waals surface area contributed by atoms with Gasteiger partial charge in [-0.3, -0.25) is 14.7 Å². The van der Waals surface area contributed by atoms with Crippen LogP contribution in [0.25, 0.3) is 10.2 Å². The second-order valence-corrected chi connectivity index (χ2v) is 7.93. The van der Waals surface area contributed by atoms with Crippen molar-refractivity contribution in [1.82, 2.24) is 14.9 Å². The van der Waals surface area contributed by atoms with Crippen LogP contribution in [0.2, 0.25) is 0 Å². The lowest BCUT2D eigenvalue weighted by molar-refractivity contribution is -0.113. The molecule has 1 aliphatic heterocycles. The fraction of sp³-hybridized carbons (Fsp3) is 0.250. The molecule has 3 N–H and O–H groups in total. The van der Waals surface area contributed by atoms with Crippen LogP contribution in [0.3, 0.4) is 0 Å². The Morgan fingerprint density at radius 2 is 2.26 bits per heavy atom. The number of pyridine rings is 1.